The number of piperidine rings is 1. The second kappa shape index (κ2) is 6.26. The second-order valence-electron chi connectivity index (χ2n) is 6.66. The van der Waals surface area contributed by atoms with Crippen molar-refractivity contribution in [2.75, 3.05) is 26.2 Å². The van der Waals surface area contributed by atoms with Crippen LogP contribution >= 0.6 is 0 Å². The summed E-state index contributed by atoms with van der Waals surface area (Å²) < 4.78 is 5.45. The lowest BCUT2D eigenvalue weighted by atomic mass is 9.95. The van der Waals surface area contributed by atoms with Crippen molar-refractivity contribution in [1.29, 1.82) is 0 Å². The number of H-pyrrole nitrogens is 1. The molecule has 0 spiro atoms. The maximum atomic E-state index is 5.45. The van der Waals surface area contributed by atoms with E-state index in [4.69, 9.17) is 4.42 Å². The van der Waals surface area contributed by atoms with Crippen molar-refractivity contribution in [3.8, 4) is 0 Å². The fourth-order valence-corrected chi connectivity index (χ4v) is 3.75. The summed E-state index contributed by atoms with van der Waals surface area (Å²) >= 11 is 0. The topological polar surface area (TPSA) is 48.3 Å². The third kappa shape index (κ3) is 3.10. The fourth-order valence-electron chi connectivity index (χ4n) is 3.75. The largest absolute Gasteiger partial charge is 0.468 e. The lowest BCUT2D eigenvalue weighted by molar-refractivity contribution is 0.127. The highest BCUT2D eigenvalue weighted by Gasteiger charge is 2.24. The number of furan rings is 1. The zero-order valence-corrected chi connectivity index (χ0v) is 13.0. The molecule has 5 heteroatoms. The molecule has 22 heavy (non-hydrogen) atoms. The van der Waals surface area contributed by atoms with Gasteiger partial charge in [0.2, 0.25) is 0 Å². The summed E-state index contributed by atoms with van der Waals surface area (Å²) in [4.78, 5) is 5.12. The molecule has 2 aromatic rings. The summed E-state index contributed by atoms with van der Waals surface area (Å²) in [5.41, 5.74) is 2.73. The van der Waals surface area contributed by atoms with E-state index in [2.05, 4.69) is 26.1 Å². The van der Waals surface area contributed by atoms with Crippen molar-refractivity contribution < 1.29 is 4.42 Å². The average molecular weight is 300 g/mol. The Kier molecular flexibility index (Phi) is 3.99. The number of hydrogen-bond acceptors (Lipinski definition) is 4. The minimum atomic E-state index is 0.835. The molecule has 4 heterocycles. The lowest BCUT2D eigenvalue weighted by Gasteiger charge is -2.35. The lowest BCUT2D eigenvalue weighted by Crippen LogP contribution is -2.40. The molecule has 0 aromatic carbocycles. The van der Waals surface area contributed by atoms with Gasteiger partial charge in [0.1, 0.15) is 5.76 Å². The molecule has 1 N–H and O–H groups in total. The third-order valence-corrected chi connectivity index (χ3v) is 5.06. The maximum absolute atomic E-state index is 5.45. The number of nitrogens with zero attached hydrogens (tertiary/aromatic N) is 3. The number of rotatable bonds is 4. The van der Waals surface area contributed by atoms with Gasteiger partial charge in [-0.25, -0.2) is 0 Å². The molecule has 0 radical (unpaired) electrons. The molecule has 0 bridgehead atoms. The molecular formula is C17H24N4O. The third-order valence-electron chi connectivity index (χ3n) is 5.06. The van der Waals surface area contributed by atoms with Gasteiger partial charge in [0.15, 0.2) is 0 Å². The van der Waals surface area contributed by atoms with Crippen LogP contribution in [0, 0.1) is 5.92 Å². The Morgan fingerprint density at radius 1 is 1.23 bits per heavy atom. The van der Waals surface area contributed by atoms with Crippen molar-refractivity contribution in [3.63, 3.8) is 0 Å². The highest BCUT2D eigenvalue weighted by molar-refractivity contribution is 5.18. The van der Waals surface area contributed by atoms with Crippen LogP contribution in [0.25, 0.3) is 0 Å². The molecule has 2 aliphatic heterocycles. The van der Waals surface area contributed by atoms with Crippen LogP contribution in [-0.2, 0) is 19.5 Å². The van der Waals surface area contributed by atoms with Crippen molar-refractivity contribution >= 4 is 0 Å². The number of fused-ring (bicyclic) bond motifs is 1. The van der Waals surface area contributed by atoms with E-state index in [9.17, 15) is 0 Å². The summed E-state index contributed by atoms with van der Waals surface area (Å²) in [5, 5.41) is 7.28. The van der Waals surface area contributed by atoms with Gasteiger partial charge in [-0.15, -0.1) is 0 Å². The zero-order chi connectivity index (χ0) is 14.8. The van der Waals surface area contributed by atoms with Crippen LogP contribution in [0.15, 0.2) is 29.0 Å². The Hall–Kier alpha value is -1.59. The van der Waals surface area contributed by atoms with E-state index < -0.39 is 0 Å². The van der Waals surface area contributed by atoms with Crippen molar-refractivity contribution in [3.05, 3.63) is 41.6 Å². The molecule has 0 aliphatic carbocycles. The first-order chi connectivity index (χ1) is 10.9. The molecule has 1 fully saturated rings. The van der Waals surface area contributed by atoms with Crippen LogP contribution in [0.1, 0.15) is 29.9 Å². The number of likely N-dealkylation sites (tertiary alicyclic amines) is 1. The van der Waals surface area contributed by atoms with E-state index >= 15 is 0 Å². The summed E-state index contributed by atoms with van der Waals surface area (Å²) in [6.07, 6.45) is 7.48. The first-order valence-electron chi connectivity index (χ1n) is 8.35. The molecule has 118 valence electrons. The fraction of sp³-hybridized carbons (Fsp3) is 0.588. The summed E-state index contributed by atoms with van der Waals surface area (Å²) in [5.74, 6) is 1.92. The van der Waals surface area contributed by atoms with Crippen molar-refractivity contribution in [2.24, 2.45) is 5.92 Å². The Labute approximate surface area is 131 Å². The molecule has 0 amide bonds. The van der Waals surface area contributed by atoms with E-state index in [0.29, 0.717) is 0 Å². The first-order valence-corrected chi connectivity index (χ1v) is 8.35. The number of nitrogens with one attached hydrogen (secondary N) is 1. The molecule has 1 saturated heterocycles. The monoisotopic (exact) mass is 300 g/mol. The second-order valence-corrected chi connectivity index (χ2v) is 6.66. The number of aromatic amines is 1. The van der Waals surface area contributed by atoms with E-state index in [-0.39, 0.29) is 0 Å². The highest BCUT2D eigenvalue weighted by atomic mass is 16.3. The van der Waals surface area contributed by atoms with Crippen LogP contribution in [0.2, 0.25) is 0 Å². The van der Waals surface area contributed by atoms with Gasteiger partial charge in [-0.2, -0.15) is 5.10 Å². The summed E-state index contributed by atoms with van der Waals surface area (Å²) in [7, 11) is 0. The maximum Gasteiger partial charge on any atom is 0.117 e. The predicted octanol–water partition coefficient (Wildman–Crippen LogP) is 2.27. The molecule has 4 rings (SSSR count). The van der Waals surface area contributed by atoms with E-state index in [1.165, 1.54) is 50.3 Å². The molecule has 2 aliphatic rings. The van der Waals surface area contributed by atoms with Gasteiger partial charge in [0, 0.05) is 37.3 Å². The minimum absolute atomic E-state index is 0.835. The smallest absolute Gasteiger partial charge is 0.117 e. The standard InChI is InChI=1S/C17H24N4O/c1-2-16(22-9-1)13-20-6-3-14(4-7-20)11-21-8-5-17-15(12-21)10-18-19-17/h1-2,9-10,14H,3-8,11-13H2,(H,18,19). The molecular weight excluding hydrogens is 276 g/mol. The number of aromatic nitrogens is 2. The number of hydrogen-bond donors (Lipinski definition) is 1. The Morgan fingerprint density at radius 2 is 2.14 bits per heavy atom. The predicted molar refractivity (Wildman–Crippen MR) is 84.3 cm³/mol. The average Bonchev–Trinajstić information content (AvgIpc) is 3.20. The SMILES string of the molecule is c1coc(CN2CCC(CN3CCc4[nH]ncc4C3)CC2)c1. The normalized spacial score (nSPS) is 21.1. The first kappa shape index (κ1) is 14.0. The van der Waals surface area contributed by atoms with Gasteiger partial charge in [-0.1, -0.05) is 0 Å². The Balaban J connectivity index is 1.24. The van der Waals surface area contributed by atoms with Gasteiger partial charge in [-0.3, -0.25) is 14.9 Å². The van der Waals surface area contributed by atoms with Crippen molar-refractivity contribution in [1.82, 2.24) is 20.0 Å². The summed E-state index contributed by atoms with van der Waals surface area (Å²) in [6, 6.07) is 4.05. The summed E-state index contributed by atoms with van der Waals surface area (Å²) in [6.45, 7) is 6.81. The van der Waals surface area contributed by atoms with Crippen LogP contribution in [0.3, 0.4) is 0 Å². The van der Waals surface area contributed by atoms with E-state index in [0.717, 1.165) is 31.2 Å². The van der Waals surface area contributed by atoms with Gasteiger partial charge in [0.25, 0.3) is 0 Å². The molecule has 2 aromatic heterocycles. The van der Waals surface area contributed by atoms with Crippen LogP contribution < -0.4 is 0 Å². The highest BCUT2D eigenvalue weighted by Crippen LogP contribution is 2.23. The Morgan fingerprint density at radius 3 is 2.95 bits per heavy atom. The van der Waals surface area contributed by atoms with E-state index in [1.807, 2.05) is 12.3 Å². The molecule has 5 nitrogen and oxygen atoms in total. The molecule has 0 atom stereocenters. The zero-order valence-electron chi connectivity index (χ0n) is 13.0. The molecule has 0 saturated carbocycles. The van der Waals surface area contributed by atoms with Gasteiger partial charge in [-0.05, 0) is 44.0 Å². The quantitative estimate of drug-likeness (QED) is 0.941. The van der Waals surface area contributed by atoms with Gasteiger partial charge in [0.05, 0.1) is 19.0 Å². The van der Waals surface area contributed by atoms with Crippen LogP contribution in [-0.4, -0.2) is 46.2 Å². The van der Waals surface area contributed by atoms with Crippen LogP contribution in [0.4, 0.5) is 0 Å². The minimum Gasteiger partial charge on any atom is -0.468 e. The van der Waals surface area contributed by atoms with Gasteiger partial charge < -0.3 is 4.42 Å². The molecule has 0 unspecified atom stereocenters. The van der Waals surface area contributed by atoms with Crippen molar-refractivity contribution in [2.45, 2.75) is 32.4 Å². The Bertz CT molecular complexity index is 584. The van der Waals surface area contributed by atoms with E-state index in [1.54, 1.807) is 6.26 Å². The van der Waals surface area contributed by atoms with Gasteiger partial charge >= 0.3 is 0 Å². The van der Waals surface area contributed by atoms with Crippen LogP contribution in [0.5, 0.6) is 0 Å².